The molecule has 1 aromatic heterocycles. The minimum Gasteiger partial charge on any atom is -0.339 e. The van der Waals surface area contributed by atoms with E-state index in [-0.39, 0.29) is 0 Å². The van der Waals surface area contributed by atoms with Gasteiger partial charge in [-0.05, 0) is 25.1 Å². The number of nitriles is 1. The number of halogens is 2. The fourth-order valence-electron chi connectivity index (χ4n) is 1.70. The minimum atomic E-state index is 0.508. The minimum absolute atomic E-state index is 0.508. The van der Waals surface area contributed by atoms with Gasteiger partial charge in [0.2, 0.25) is 0 Å². The van der Waals surface area contributed by atoms with Crippen LogP contribution in [0.4, 0.5) is 11.5 Å². The van der Waals surface area contributed by atoms with Crippen LogP contribution in [-0.2, 0) is 7.05 Å². The molecule has 92 valence electrons. The van der Waals surface area contributed by atoms with Gasteiger partial charge in [-0.1, -0.05) is 23.2 Å². The number of hydrogen-bond acceptors (Lipinski definition) is 3. The van der Waals surface area contributed by atoms with Crippen molar-refractivity contribution < 1.29 is 0 Å². The van der Waals surface area contributed by atoms with E-state index in [0.717, 1.165) is 0 Å². The van der Waals surface area contributed by atoms with Gasteiger partial charge in [0, 0.05) is 22.8 Å². The highest BCUT2D eigenvalue weighted by Gasteiger charge is 2.13. The summed E-state index contributed by atoms with van der Waals surface area (Å²) in [6.45, 7) is 1.79. The summed E-state index contributed by atoms with van der Waals surface area (Å²) in [6, 6.07) is 7.24. The predicted molar refractivity (Wildman–Crippen MR) is 72.4 cm³/mol. The van der Waals surface area contributed by atoms with Crippen molar-refractivity contribution in [3.63, 3.8) is 0 Å². The molecule has 6 heteroatoms. The monoisotopic (exact) mass is 280 g/mol. The number of aromatic nitrogens is 2. The largest absolute Gasteiger partial charge is 0.339 e. The van der Waals surface area contributed by atoms with Crippen LogP contribution in [0.25, 0.3) is 0 Å². The molecule has 0 amide bonds. The van der Waals surface area contributed by atoms with E-state index in [4.69, 9.17) is 28.5 Å². The average Bonchev–Trinajstić information content (AvgIpc) is 2.52. The van der Waals surface area contributed by atoms with Crippen molar-refractivity contribution in [1.82, 2.24) is 9.78 Å². The van der Waals surface area contributed by atoms with Crippen molar-refractivity contribution in [3.8, 4) is 6.07 Å². The zero-order chi connectivity index (χ0) is 13.3. The van der Waals surface area contributed by atoms with Crippen molar-refractivity contribution in [2.24, 2.45) is 7.05 Å². The zero-order valence-electron chi connectivity index (χ0n) is 9.83. The van der Waals surface area contributed by atoms with Crippen LogP contribution in [0.15, 0.2) is 18.2 Å². The van der Waals surface area contributed by atoms with Crippen LogP contribution >= 0.6 is 23.2 Å². The lowest BCUT2D eigenvalue weighted by Crippen LogP contribution is -2.00. The van der Waals surface area contributed by atoms with Gasteiger partial charge in [-0.25, -0.2) is 0 Å². The van der Waals surface area contributed by atoms with Gasteiger partial charge in [-0.3, -0.25) is 4.68 Å². The molecule has 2 rings (SSSR count). The summed E-state index contributed by atoms with van der Waals surface area (Å²) in [7, 11) is 1.77. The van der Waals surface area contributed by atoms with E-state index in [0.29, 0.717) is 32.8 Å². The van der Waals surface area contributed by atoms with Gasteiger partial charge in [0.1, 0.15) is 17.5 Å². The number of hydrogen-bond donors (Lipinski definition) is 1. The Bertz CT molecular complexity index is 620. The van der Waals surface area contributed by atoms with Crippen molar-refractivity contribution >= 4 is 34.7 Å². The molecule has 0 bridgehead atoms. The molecule has 18 heavy (non-hydrogen) atoms. The summed E-state index contributed by atoms with van der Waals surface area (Å²) in [6.07, 6.45) is 0. The normalized spacial score (nSPS) is 10.2. The number of aryl methyl sites for hydroxylation is 2. The third kappa shape index (κ3) is 2.42. The van der Waals surface area contributed by atoms with Gasteiger partial charge in [0.25, 0.3) is 0 Å². The maximum atomic E-state index is 9.10. The maximum Gasteiger partial charge on any atom is 0.146 e. The quantitative estimate of drug-likeness (QED) is 0.914. The second-order valence-electron chi connectivity index (χ2n) is 3.83. The second kappa shape index (κ2) is 4.89. The molecule has 1 N–H and O–H groups in total. The molecule has 1 heterocycles. The van der Waals surface area contributed by atoms with Crippen molar-refractivity contribution in [1.29, 1.82) is 5.26 Å². The topological polar surface area (TPSA) is 53.6 Å². The van der Waals surface area contributed by atoms with E-state index in [1.54, 1.807) is 36.9 Å². The second-order valence-corrected chi connectivity index (χ2v) is 4.70. The molecule has 0 aliphatic rings. The SMILES string of the molecule is Cc1nn(C)c(Nc2cc(Cl)cc(Cl)c2)c1C#N. The highest BCUT2D eigenvalue weighted by atomic mass is 35.5. The zero-order valence-corrected chi connectivity index (χ0v) is 11.3. The van der Waals surface area contributed by atoms with Crippen LogP contribution in [0, 0.1) is 18.3 Å². The van der Waals surface area contributed by atoms with E-state index in [1.165, 1.54) is 0 Å². The molecule has 4 nitrogen and oxygen atoms in total. The first-order valence-electron chi connectivity index (χ1n) is 5.18. The van der Waals surface area contributed by atoms with Crippen LogP contribution in [0.1, 0.15) is 11.3 Å². The molecule has 0 saturated heterocycles. The van der Waals surface area contributed by atoms with Crippen LogP contribution in [-0.4, -0.2) is 9.78 Å². The summed E-state index contributed by atoms with van der Waals surface area (Å²) in [5.74, 6) is 0.619. The first kappa shape index (κ1) is 12.7. The molecule has 0 aliphatic carbocycles. The lowest BCUT2D eigenvalue weighted by atomic mass is 10.2. The summed E-state index contributed by atoms with van der Waals surface area (Å²) in [5, 5.41) is 17.5. The van der Waals surface area contributed by atoms with Crippen LogP contribution in [0.5, 0.6) is 0 Å². The van der Waals surface area contributed by atoms with Gasteiger partial charge in [0.05, 0.1) is 5.69 Å². The molecule has 0 spiro atoms. The molecule has 2 aromatic rings. The van der Waals surface area contributed by atoms with E-state index in [9.17, 15) is 0 Å². The molecule has 1 aromatic carbocycles. The van der Waals surface area contributed by atoms with Gasteiger partial charge in [-0.15, -0.1) is 0 Å². The molecular weight excluding hydrogens is 271 g/mol. The number of rotatable bonds is 2. The molecule has 0 radical (unpaired) electrons. The average molecular weight is 281 g/mol. The Morgan fingerprint density at radius 3 is 2.44 bits per heavy atom. The Morgan fingerprint density at radius 1 is 1.28 bits per heavy atom. The highest BCUT2D eigenvalue weighted by Crippen LogP contribution is 2.27. The van der Waals surface area contributed by atoms with Crippen LogP contribution < -0.4 is 5.32 Å². The Hall–Kier alpha value is -1.70. The predicted octanol–water partition coefficient (Wildman–Crippen LogP) is 3.65. The summed E-state index contributed by atoms with van der Waals surface area (Å²) < 4.78 is 1.61. The van der Waals surface area contributed by atoms with E-state index < -0.39 is 0 Å². The Kier molecular flexibility index (Phi) is 3.46. The number of benzene rings is 1. The first-order valence-corrected chi connectivity index (χ1v) is 5.93. The van der Waals surface area contributed by atoms with E-state index in [2.05, 4.69) is 16.5 Å². The van der Waals surface area contributed by atoms with Gasteiger partial charge >= 0.3 is 0 Å². The van der Waals surface area contributed by atoms with Crippen LogP contribution in [0.2, 0.25) is 10.0 Å². The Morgan fingerprint density at radius 2 is 1.89 bits per heavy atom. The molecule has 0 aliphatic heterocycles. The lowest BCUT2D eigenvalue weighted by Gasteiger charge is -2.08. The molecular formula is C12H10Cl2N4. The summed E-state index contributed by atoms with van der Waals surface area (Å²) in [5.41, 5.74) is 1.90. The van der Waals surface area contributed by atoms with Gasteiger partial charge < -0.3 is 5.32 Å². The van der Waals surface area contributed by atoms with Crippen LogP contribution in [0.3, 0.4) is 0 Å². The maximum absolute atomic E-state index is 9.10. The van der Waals surface area contributed by atoms with Crippen molar-refractivity contribution in [2.75, 3.05) is 5.32 Å². The van der Waals surface area contributed by atoms with E-state index in [1.807, 2.05) is 0 Å². The highest BCUT2D eigenvalue weighted by molar-refractivity contribution is 6.35. The van der Waals surface area contributed by atoms with Crippen molar-refractivity contribution in [2.45, 2.75) is 6.92 Å². The molecule has 0 atom stereocenters. The smallest absolute Gasteiger partial charge is 0.146 e. The Labute approximate surface area is 115 Å². The molecule has 0 fully saturated rings. The van der Waals surface area contributed by atoms with Gasteiger partial charge in [-0.2, -0.15) is 10.4 Å². The Balaban J connectivity index is 2.43. The van der Waals surface area contributed by atoms with E-state index >= 15 is 0 Å². The molecule has 0 unspecified atom stereocenters. The summed E-state index contributed by atoms with van der Waals surface area (Å²) >= 11 is 11.8. The number of nitrogens with one attached hydrogen (secondary N) is 1. The van der Waals surface area contributed by atoms with Gasteiger partial charge in [0.15, 0.2) is 0 Å². The number of nitrogens with zero attached hydrogens (tertiary/aromatic N) is 3. The summed E-state index contributed by atoms with van der Waals surface area (Å²) in [4.78, 5) is 0. The molecule has 0 saturated carbocycles. The fourth-order valence-corrected chi connectivity index (χ4v) is 2.22. The third-order valence-electron chi connectivity index (χ3n) is 2.46. The number of anilines is 2. The third-order valence-corrected chi connectivity index (χ3v) is 2.90. The first-order chi connectivity index (χ1) is 8.51. The lowest BCUT2D eigenvalue weighted by molar-refractivity contribution is 0.765. The van der Waals surface area contributed by atoms with Crippen molar-refractivity contribution in [3.05, 3.63) is 39.5 Å². The standard InChI is InChI=1S/C12H10Cl2N4/c1-7-11(6-15)12(18(2)17-7)16-10-4-8(13)3-9(14)5-10/h3-5,16H,1-2H3. The fraction of sp³-hybridized carbons (Fsp3) is 0.167.